The molecule has 0 saturated heterocycles. The lowest BCUT2D eigenvalue weighted by molar-refractivity contribution is -0.139. The molecule has 0 radical (unpaired) electrons. The number of rotatable bonds is 4. The van der Waals surface area contributed by atoms with E-state index in [0.29, 0.717) is 6.54 Å². The Labute approximate surface area is 97.5 Å². The summed E-state index contributed by atoms with van der Waals surface area (Å²) in [6.07, 6.45) is 2.28. The van der Waals surface area contributed by atoms with Gasteiger partial charge in [0.05, 0.1) is 6.21 Å². The summed E-state index contributed by atoms with van der Waals surface area (Å²) in [5.41, 5.74) is 2.15. The fourth-order valence-corrected chi connectivity index (χ4v) is 1.47. The Hall–Kier alpha value is -1.69. The van der Waals surface area contributed by atoms with Crippen LogP contribution in [0.2, 0.25) is 0 Å². The van der Waals surface area contributed by atoms with Crippen molar-refractivity contribution in [1.29, 1.82) is 0 Å². The van der Waals surface area contributed by atoms with Crippen LogP contribution in [0.1, 0.15) is 18.2 Å². The van der Waals surface area contributed by atoms with Gasteiger partial charge in [-0.15, -0.1) is 11.3 Å². The maximum atomic E-state index is 11.1. The number of hydrogen-bond donors (Lipinski definition) is 2. The van der Waals surface area contributed by atoms with Crippen molar-refractivity contribution in [2.75, 3.05) is 6.54 Å². The minimum atomic E-state index is -0.749. The number of hydrogen-bond acceptors (Lipinski definition) is 4. The first-order valence-corrected chi connectivity index (χ1v) is 5.76. The number of nitrogens with zero attached hydrogens (tertiary/aromatic N) is 1. The van der Waals surface area contributed by atoms with Gasteiger partial charge in [-0.3, -0.25) is 9.59 Å². The van der Waals surface area contributed by atoms with E-state index in [2.05, 4.69) is 15.8 Å². The van der Waals surface area contributed by atoms with Gasteiger partial charge in [0.1, 0.15) is 0 Å². The van der Waals surface area contributed by atoms with Crippen molar-refractivity contribution in [3.63, 3.8) is 0 Å². The van der Waals surface area contributed by atoms with Gasteiger partial charge in [0.2, 0.25) is 0 Å². The average Bonchev–Trinajstić information content (AvgIpc) is 2.78. The summed E-state index contributed by atoms with van der Waals surface area (Å²) in [7, 11) is 0. The number of carbonyl (C=O) groups is 2. The van der Waals surface area contributed by atoms with E-state index in [0.717, 1.165) is 11.3 Å². The molecule has 2 N–H and O–H groups in total. The van der Waals surface area contributed by atoms with Crippen molar-refractivity contribution in [1.82, 2.24) is 10.7 Å². The van der Waals surface area contributed by atoms with E-state index in [-0.39, 0.29) is 0 Å². The Morgan fingerprint density at radius 1 is 1.50 bits per heavy atom. The molecule has 2 amide bonds. The first kappa shape index (κ1) is 12.4. The summed E-state index contributed by atoms with van der Waals surface area (Å²) >= 11 is 1.50. The van der Waals surface area contributed by atoms with Gasteiger partial charge >= 0.3 is 11.8 Å². The van der Waals surface area contributed by atoms with Gasteiger partial charge in [0.25, 0.3) is 0 Å². The largest absolute Gasteiger partial charge is 0.348 e. The first-order chi connectivity index (χ1) is 7.74. The van der Waals surface area contributed by atoms with E-state index in [9.17, 15) is 9.59 Å². The first-order valence-electron chi connectivity index (χ1n) is 4.88. The maximum Gasteiger partial charge on any atom is 0.329 e. The molecular formula is C10H13N3O2S. The molecule has 0 saturated carbocycles. The molecule has 0 aliphatic heterocycles. The molecular weight excluding hydrogens is 226 g/mol. The highest BCUT2D eigenvalue weighted by molar-refractivity contribution is 7.11. The molecule has 0 atom stereocenters. The van der Waals surface area contributed by atoms with Crippen LogP contribution in [-0.4, -0.2) is 24.6 Å². The third-order valence-electron chi connectivity index (χ3n) is 1.64. The molecule has 0 bridgehead atoms. The number of carbonyl (C=O) groups excluding carboxylic acids is 2. The molecule has 86 valence electrons. The molecule has 0 unspecified atom stereocenters. The normalized spacial score (nSPS) is 10.3. The van der Waals surface area contributed by atoms with Crippen molar-refractivity contribution in [2.24, 2.45) is 5.10 Å². The molecule has 1 heterocycles. The summed E-state index contributed by atoms with van der Waals surface area (Å²) in [4.78, 5) is 23.2. The molecule has 16 heavy (non-hydrogen) atoms. The van der Waals surface area contributed by atoms with Crippen LogP contribution in [0.5, 0.6) is 0 Å². The molecule has 0 spiro atoms. The van der Waals surface area contributed by atoms with Gasteiger partial charge in [-0.25, -0.2) is 5.43 Å². The predicted molar refractivity (Wildman–Crippen MR) is 63.4 cm³/mol. The Balaban J connectivity index is 2.32. The summed E-state index contributed by atoms with van der Waals surface area (Å²) in [6, 6.07) is 3.74. The molecule has 1 rings (SSSR count). The van der Waals surface area contributed by atoms with Gasteiger partial charge in [-0.2, -0.15) is 5.10 Å². The van der Waals surface area contributed by atoms with E-state index in [1.54, 1.807) is 0 Å². The highest BCUT2D eigenvalue weighted by Crippen LogP contribution is 2.03. The highest BCUT2D eigenvalue weighted by atomic mass is 32.1. The zero-order valence-corrected chi connectivity index (χ0v) is 9.71. The number of thiophene rings is 1. The van der Waals surface area contributed by atoms with Crippen LogP contribution in [0.15, 0.2) is 22.6 Å². The van der Waals surface area contributed by atoms with Crippen LogP contribution >= 0.6 is 11.3 Å². The average molecular weight is 239 g/mol. The Bertz CT molecular complexity index is 373. The van der Waals surface area contributed by atoms with Crippen molar-refractivity contribution < 1.29 is 9.59 Å². The van der Waals surface area contributed by atoms with E-state index in [1.165, 1.54) is 17.6 Å². The molecule has 0 fully saturated rings. The fraction of sp³-hybridized carbons (Fsp3) is 0.300. The van der Waals surface area contributed by atoms with Gasteiger partial charge in [0, 0.05) is 11.4 Å². The number of hydrazone groups is 1. The van der Waals surface area contributed by atoms with Crippen LogP contribution in [0.3, 0.4) is 0 Å². The lowest BCUT2D eigenvalue weighted by Crippen LogP contribution is -2.38. The van der Waals surface area contributed by atoms with Crippen molar-refractivity contribution in [3.05, 3.63) is 22.4 Å². The van der Waals surface area contributed by atoms with Crippen LogP contribution in [0.4, 0.5) is 0 Å². The zero-order valence-electron chi connectivity index (χ0n) is 8.90. The number of amides is 2. The van der Waals surface area contributed by atoms with Crippen LogP contribution < -0.4 is 10.7 Å². The molecule has 0 aliphatic carbocycles. The molecule has 6 heteroatoms. The summed E-state index contributed by atoms with van der Waals surface area (Å²) in [5, 5.41) is 8.02. The zero-order chi connectivity index (χ0) is 11.8. The highest BCUT2D eigenvalue weighted by Gasteiger charge is 2.10. The minimum Gasteiger partial charge on any atom is -0.348 e. The third-order valence-corrected chi connectivity index (χ3v) is 2.45. The Morgan fingerprint density at radius 3 is 2.94 bits per heavy atom. The van der Waals surface area contributed by atoms with E-state index in [4.69, 9.17) is 0 Å². The fourth-order valence-electron chi connectivity index (χ4n) is 0.889. The van der Waals surface area contributed by atoms with Crippen LogP contribution in [-0.2, 0) is 9.59 Å². The van der Waals surface area contributed by atoms with Crippen molar-refractivity contribution in [2.45, 2.75) is 13.3 Å². The quantitative estimate of drug-likeness (QED) is 0.462. The second-order valence-corrected chi connectivity index (χ2v) is 3.95. The van der Waals surface area contributed by atoms with E-state index in [1.807, 2.05) is 24.4 Å². The lowest BCUT2D eigenvalue weighted by atomic mass is 10.4. The standard InChI is InChI=1S/C10H13N3O2S/c1-2-5-11-9(14)10(15)13-12-7-8-4-3-6-16-8/h3-4,6-7H,2,5H2,1H3,(H,11,14)(H,13,15)/b12-7+. The third kappa shape index (κ3) is 4.22. The Morgan fingerprint density at radius 2 is 2.31 bits per heavy atom. The Kier molecular flexibility index (Phi) is 5.21. The molecule has 1 aromatic heterocycles. The second kappa shape index (κ2) is 6.73. The van der Waals surface area contributed by atoms with Crippen LogP contribution in [0, 0.1) is 0 Å². The SMILES string of the molecule is CCCNC(=O)C(=O)N/N=C/c1cccs1. The lowest BCUT2D eigenvalue weighted by Gasteiger charge is -2.00. The number of nitrogens with one attached hydrogen (secondary N) is 2. The molecule has 1 aromatic rings. The maximum absolute atomic E-state index is 11.1. The smallest absolute Gasteiger partial charge is 0.329 e. The van der Waals surface area contributed by atoms with Crippen molar-refractivity contribution in [3.8, 4) is 0 Å². The van der Waals surface area contributed by atoms with E-state index >= 15 is 0 Å². The van der Waals surface area contributed by atoms with Gasteiger partial charge in [-0.1, -0.05) is 13.0 Å². The molecule has 5 nitrogen and oxygen atoms in total. The molecule has 0 aliphatic rings. The summed E-state index contributed by atoms with van der Waals surface area (Å²) in [6.45, 7) is 2.40. The van der Waals surface area contributed by atoms with E-state index < -0.39 is 11.8 Å². The van der Waals surface area contributed by atoms with Gasteiger partial charge < -0.3 is 5.32 Å². The minimum absolute atomic E-state index is 0.487. The predicted octanol–water partition coefficient (Wildman–Crippen LogP) is 0.724. The molecule has 0 aromatic carbocycles. The van der Waals surface area contributed by atoms with Gasteiger partial charge in [0.15, 0.2) is 0 Å². The second-order valence-electron chi connectivity index (χ2n) is 2.97. The van der Waals surface area contributed by atoms with Gasteiger partial charge in [-0.05, 0) is 17.9 Å². The topological polar surface area (TPSA) is 70.6 Å². The summed E-state index contributed by atoms with van der Waals surface area (Å²) in [5.74, 6) is -1.41. The van der Waals surface area contributed by atoms with Crippen LogP contribution in [0.25, 0.3) is 0 Å². The monoisotopic (exact) mass is 239 g/mol. The summed E-state index contributed by atoms with van der Waals surface area (Å²) < 4.78 is 0. The van der Waals surface area contributed by atoms with Crippen molar-refractivity contribution >= 4 is 29.4 Å².